The zero-order valence-electron chi connectivity index (χ0n) is 12.6. The molecule has 0 saturated carbocycles. The number of nitrogens with zero attached hydrogens (tertiary/aromatic N) is 2. The second-order valence-electron chi connectivity index (χ2n) is 5.50. The standard InChI is InChI=1S/C17H18FN3O/c1-11(2)22-16-9-17(19)20-15-7-8-21(10-14(15)16)13-5-3-12(18)4-6-13/h3-9,11H,10H2,1-2H3,(H2,19,20). The van der Waals surface area contributed by atoms with Gasteiger partial charge in [0, 0.05) is 23.5 Å². The van der Waals surface area contributed by atoms with Crippen molar-refractivity contribution >= 4 is 17.6 Å². The molecule has 22 heavy (non-hydrogen) atoms. The molecule has 1 aliphatic heterocycles. The Balaban J connectivity index is 1.96. The lowest BCUT2D eigenvalue weighted by Gasteiger charge is -2.27. The van der Waals surface area contributed by atoms with Crippen LogP contribution in [0.3, 0.4) is 0 Å². The summed E-state index contributed by atoms with van der Waals surface area (Å²) < 4.78 is 18.9. The van der Waals surface area contributed by atoms with Crippen molar-refractivity contribution in [3.8, 4) is 5.75 Å². The van der Waals surface area contributed by atoms with Gasteiger partial charge in [0.15, 0.2) is 0 Å². The molecule has 2 aromatic rings. The molecule has 5 heteroatoms. The highest BCUT2D eigenvalue weighted by atomic mass is 19.1. The molecule has 2 N–H and O–H groups in total. The van der Waals surface area contributed by atoms with Gasteiger partial charge in [-0.3, -0.25) is 0 Å². The summed E-state index contributed by atoms with van der Waals surface area (Å²) in [5.74, 6) is 0.937. The number of nitrogens with two attached hydrogens (primary N) is 1. The van der Waals surface area contributed by atoms with Gasteiger partial charge in [-0.2, -0.15) is 0 Å². The largest absolute Gasteiger partial charge is 0.490 e. The molecule has 1 aromatic carbocycles. The maximum absolute atomic E-state index is 13.1. The van der Waals surface area contributed by atoms with Gasteiger partial charge in [-0.25, -0.2) is 9.37 Å². The van der Waals surface area contributed by atoms with Gasteiger partial charge in [0.2, 0.25) is 0 Å². The van der Waals surface area contributed by atoms with E-state index in [2.05, 4.69) is 4.98 Å². The maximum Gasteiger partial charge on any atom is 0.130 e. The van der Waals surface area contributed by atoms with Crippen molar-refractivity contribution in [3.63, 3.8) is 0 Å². The molecule has 4 nitrogen and oxygen atoms in total. The van der Waals surface area contributed by atoms with Crippen LogP contribution in [0.1, 0.15) is 25.1 Å². The van der Waals surface area contributed by atoms with Gasteiger partial charge in [-0.1, -0.05) is 0 Å². The fourth-order valence-corrected chi connectivity index (χ4v) is 2.44. The number of anilines is 2. The summed E-state index contributed by atoms with van der Waals surface area (Å²) in [6.45, 7) is 4.55. The van der Waals surface area contributed by atoms with Gasteiger partial charge >= 0.3 is 0 Å². The van der Waals surface area contributed by atoms with E-state index in [4.69, 9.17) is 10.5 Å². The summed E-state index contributed by atoms with van der Waals surface area (Å²) in [6.07, 6.45) is 3.86. The van der Waals surface area contributed by atoms with E-state index >= 15 is 0 Å². The minimum absolute atomic E-state index is 0.0519. The van der Waals surface area contributed by atoms with Crippen molar-refractivity contribution in [3.05, 3.63) is 53.6 Å². The summed E-state index contributed by atoms with van der Waals surface area (Å²) >= 11 is 0. The molecule has 0 radical (unpaired) electrons. The van der Waals surface area contributed by atoms with E-state index in [1.54, 1.807) is 18.2 Å². The molecular formula is C17H18FN3O. The predicted molar refractivity (Wildman–Crippen MR) is 86.0 cm³/mol. The lowest BCUT2D eigenvalue weighted by Crippen LogP contribution is -2.21. The molecule has 0 saturated heterocycles. The SMILES string of the molecule is CC(C)Oc1cc(N)nc2c1CN(c1ccc(F)cc1)C=C2. The van der Waals surface area contributed by atoms with Crippen LogP contribution in [0.2, 0.25) is 0 Å². The molecule has 1 aliphatic rings. The van der Waals surface area contributed by atoms with Crippen LogP contribution in [-0.4, -0.2) is 11.1 Å². The molecule has 0 spiro atoms. The Hall–Kier alpha value is -2.56. The summed E-state index contributed by atoms with van der Waals surface area (Å²) in [7, 11) is 0. The van der Waals surface area contributed by atoms with Crippen LogP contribution in [0, 0.1) is 5.82 Å². The summed E-state index contributed by atoms with van der Waals surface area (Å²) in [4.78, 5) is 6.37. The number of fused-ring (bicyclic) bond motifs is 1. The zero-order chi connectivity index (χ0) is 15.7. The minimum Gasteiger partial charge on any atom is -0.490 e. The van der Waals surface area contributed by atoms with Crippen LogP contribution in [0.5, 0.6) is 5.75 Å². The average Bonchev–Trinajstić information content (AvgIpc) is 2.47. The van der Waals surface area contributed by atoms with Crippen molar-refractivity contribution in [2.75, 3.05) is 10.6 Å². The summed E-state index contributed by atoms with van der Waals surface area (Å²) in [5, 5.41) is 0. The maximum atomic E-state index is 13.1. The third-order valence-electron chi connectivity index (χ3n) is 3.40. The van der Waals surface area contributed by atoms with Gasteiger partial charge in [0.25, 0.3) is 0 Å². The van der Waals surface area contributed by atoms with Gasteiger partial charge in [-0.05, 0) is 44.2 Å². The second-order valence-corrected chi connectivity index (χ2v) is 5.50. The fourth-order valence-electron chi connectivity index (χ4n) is 2.44. The van der Waals surface area contributed by atoms with Gasteiger partial charge in [-0.15, -0.1) is 0 Å². The normalized spacial score (nSPS) is 13.4. The lowest BCUT2D eigenvalue weighted by atomic mass is 10.1. The number of halogens is 1. The number of hydrogen-bond donors (Lipinski definition) is 1. The molecule has 0 bridgehead atoms. The van der Waals surface area contributed by atoms with Gasteiger partial charge in [0.05, 0.1) is 18.3 Å². The summed E-state index contributed by atoms with van der Waals surface area (Å²) in [6, 6.07) is 8.15. The van der Waals surface area contributed by atoms with Crippen LogP contribution in [0.4, 0.5) is 15.9 Å². The van der Waals surface area contributed by atoms with Gasteiger partial charge < -0.3 is 15.4 Å². The van der Waals surface area contributed by atoms with E-state index in [9.17, 15) is 4.39 Å². The Bertz CT molecular complexity index is 711. The molecular weight excluding hydrogens is 281 g/mol. The molecule has 114 valence electrons. The Morgan fingerprint density at radius 2 is 2.00 bits per heavy atom. The Morgan fingerprint density at radius 1 is 1.27 bits per heavy atom. The number of hydrogen-bond acceptors (Lipinski definition) is 4. The molecule has 0 unspecified atom stereocenters. The topological polar surface area (TPSA) is 51.4 Å². The molecule has 3 rings (SSSR count). The molecule has 2 heterocycles. The monoisotopic (exact) mass is 299 g/mol. The first-order chi connectivity index (χ1) is 10.5. The van der Waals surface area contributed by atoms with Crippen LogP contribution in [-0.2, 0) is 6.54 Å². The number of benzene rings is 1. The Labute approximate surface area is 129 Å². The number of nitrogen functional groups attached to an aromatic ring is 1. The third kappa shape index (κ3) is 2.88. The second kappa shape index (κ2) is 5.67. The lowest BCUT2D eigenvalue weighted by molar-refractivity contribution is 0.239. The van der Waals surface area contributed by atoms with E-state index in [0.29, 0.717) is 12.4 Å². The third-order valence-corrected chi connectivity index (χ3v) is 3.40. The van der Waals surface area contributed by atoms with Crippen LogP contribution in [0.15, 0.2) is 36.5 Å². The number of aromatic nitrogens is 1. The van der Waals surface area contributed by atoms with E-state index < -0.39 is 0 Å². The number of ether oxygens (including phenoxy) is 1. The molecule has 0 fully saturated rings. The average molecular weight is 299 g/mol. The molecule has 1 aromatic heterocycles. The van der Waals surface area contributed by atoms with E-state index in [-0.39, 0.29) is 11.9 Å². The van der Waals surface area contributed by atoms with Crippen molar-refractivity contribution in [1.29, 1.82) is 0 Å². The van der Waals surface area contributed by atoms with Gasteiger partial charge in [0.1, 0.15) is 17.4 Å². The van der Waals surface area contributed by atoms with Crippen molar-refractivity contribution in [1.82, 2.24) is 4.98 Å². The molecule has 0 amide bonds. The minimum atomic E-state index is -0.247. The highest BCUT2D eigenvalue weighted by Gasteiger charge is 2.19. The van der Waals surface area contributed by atoms with Crippen molar-refractivity contribution < 1.29 is 9.13 Å². The molecule has 0 aliphatic carbocycles. The number of pyridine rings is 1. The first-order valence-electron chi connectivity index (χ1n) is 7.19. The van der Waals surface area contributed by atoms with E-state index in [1.807, 2.05) is 31.0 Å². The van der Waals surface area contributed by atoms with Crippen molar-refractivity contribution in [2.45, 2.75) is 26.5 Å². The first kappa shape index (κ1) is 14.4. The highest BCUT2D eigenvalue weighted by molar-refractivity contribution is 5.66. The van der Waals surface area contributed by atoms with Crippen LogP contribution >= 0.6 is 0 Å². The zero-order valence-corrected chi connectivity index (χ0v) is 12.6. The van der Waals surface area contributed by atoms with Crippen LogP contribution < -0.4 is 15.4 Å². The quantitative estimate of drug-likeness (QED) is 0.941. The highest BCUT2D eigenvalue weighted by Crippen LogP contribution is 2.32. The molecule has 0 atom stereocenters. The Morgan fingerprint density at radius 3 is 2.68 bits per heavy atom. The summed E-state index contributed by atoms with van der Waals surface area (Å²) in [5.41, 5.74) is 8.55. The predicted octanol–water partition coefficient (Wildman–Crippen LogP) is 3.58. The first-order valence-corrected chi connectivity index (χ1v) is 7.19. The van der Waals surface area contributed by atoms with Crippen LogP contribution in [0.25, 0.3) is 6.08 Å². The Kier molecular flexibility index (Phi) is 3.71. The van der Waals surface area contributed by atoms with E-state index in [1.165, 1.54) is 12.1 Å². The fraction of sp³-hybridized carbons (Fsp3) is 0.235. The number of rotatable bonds is 3. The van der Waals surface area contributed by atoms with Crippen molar-refractivity contribution in [2.24, 2.45) is 0 Å². The smallest absolute Gasteiger partial charge is 0.130 e. The van der Waals surface area contributed by atoms with E-state index in [0.717, 1.165) is 22.7 Å².